The highest BCUT2D eigenvalue weighted by molar-refractivity contribution is 5.97. The Morgan fingerprint density at radius 3 is 2.62 bits per heavy atom. The highest BCUT2D eigenvalue weighted by atomic mass is 16.5. The van der Waals surface area contributed by atoms with Gasteiger partial charge >= 0.3 is 0 Å². The lowest BCUT2D eigenvalue weighted by Gasteiger charge is -2.06. The first-order valence-electron chi connectivity index (χ1n) is 8.08. The zero-order valence-corrected chi connectivity index (χ0v) is 14.4. The van der Waals surface area contributed by atoms with Gasteiger partial charge in [0.05, 0.1) is 13.3 Å². The number of hydrogen-bond donors (Lipinski definition) is 3. The molecule has 0 atom stereocenters. The van der Waals surface area contributed by atoms with Crippen molar-refractivity contribution in [1.29, 1.82) is 0 Å². The van der Waals surface area contributed by atoms with Crippen LogP contribution in [0.2, 0.25) is 0 Å². The number of hydrazone groups is 1. The lowest BCUT2D eigenvalue weighted by Crippen LogP contribution is -2.31. The normalized spacial score (nSPS) is 10.5. The molecule has 3 N–H and O–H groups in total. The smallest absolute Gasteiger partial charge is 0.249 e. The summed E-state index contributed by atoms with van der Waals surface area (Å²) in [7, 11) is 1.44. The van der Waals surface area contributed by atoms with Crippen molar-refractivity contribution in [1.82, 2.24) is 10.7 Å². The molecule has 0 aromatic heterocycles. The Labute approximate surface area is 151 Å². The second kappa shape index (κ2) is 9.83. The Balaban J connectivity index is 1.73. The van der Waals surface area contributed by atoms with Gasteiger partial charge in [0.1, 0.15) is 6.42 Å². The van der Waals surface area contributed by atoms with E-state index in [4.69, 9.17) is 4.74 Å². The number of phenolic OH excluding ortho intramolecular Hbond substituents is 1. The molecule has 7 nitrogen and oxygen atoms in total. The van der Waals surface area contributed by atoms with Gasteiger partial charge in [-0.05, 0) is 24.1 Å². The highest BCUT2D eigenvalue weighted by Crippen LogP contribution is 2.27. The number of para-hydroxylation sites is 1. The third-order valence-corrected chi connectivity index (χ3v) is 3.54. The zero-order chi connectivity index (χ0) is 18.8. The van der Waals surface area contributed by atoms with Gasteiger partial charge in [-0.25, -0.2) is 5.43 Å². The summed E-state index contributed by atoms with van der Waals surface area (Å²) < 4.78 is 4.98. The molecule has 0 bridgehead atoms. The average Bonchev–Trinajstić information content (AvgIpc) is 2.64. The molecule has 136 valence electrons. The Bertz CT molecular complexity index is 776. The van der Waals surface area contributed by atoms with Crippen LogP contribution in [-0.4, -0.2) is 36.8 Å². The summed E-state index contributed by atoms with van der Waals surface area (Å²) in [6.45, 7) is 0.455. The molecule has 0 aliphatic heterocycles. The molecule has 0 aliphatic rings. The largest absolute Gasteiger partial charge is 0.504 e. The van der Waals surface area contributed by atoms with Crippen molar-refractivity contribution < 1.29 is 19.4 Å². The standard InChI is InChI=1S/C19H21N3O4/c1-26-16-9-5-8-15(19(16)25)13-21-22-18(24)12-17(23)20-11-10-14-6-3-2-4-7-14/h2-9,13,25H,10-12H2,1H3,(H,20,23)(H,22,24)/b21-13-. The van der Waals surface area contributed by atoms with Crippen molar-refractivity contribution in [3.05, 3.63) is 59.7 Å². The minimum atomic E-state index is -0.541. The molecule has 2 amide bonds. The first-order chi connectivity index (χ1) is 12.6. The number of amides is 2. The maximum Gasteiger partial charge on any atom is 0.249 e. The molecule has 2 aromatic carbocycles. The third-order valence-electron chi connectivity index (χ3n) is 3.54. The average molecular weight is 355 g/mol. The van der Waals surface area contributed by atoms with Crippen LogP contribution in [0.25, 0.3) is 0 Å². The number of aromatic hydroxyl groups is 1. The first-order valence-corrected chi connectivity index (χ1v) is 8.08. The van der Waals surface area contributed by atoms with Crippen molar-refractivity contribution in [3.63, 3.8) is 0 Å². The van der Waals surface area contributed by atoms with Crippen molar-refractivity contribution in [2.45, 2.75) is 12.8 Å². The van der Waals surface area contributed by atoms with Gasteiger partial charge in [-0.2, -0.15) is 5.10 Å². The first kappa shape index (κ1) is 19.0. The van der Waals surface area contributed by atoms with Gasteiger partial charge in [0, 0.05) is 12.1 Å². The van der Waals surface area contributed by atoms with Crippen LogP contribution in [0.5, 0.6) is 11.5 Å². The van der Waals surface area contributed by atoms with Crippen LogP contribution in [0.15, 0.2) is 53.6 Å². The van der Waals surface area contributed by atoms with Crippen LogP contribution < -0.4 is 15.5 Å². The number of hydrogen-bond acceptors (Lipinski definition) is 5. The fourth-order valence-electron chi connectivity index (χ4n) is 2.22. The van der Waals surface area contributed by atoms with E-state index in [1.807, 2.05) is 30.3 Å². The van der Waals surface area contributed by atoms with Gasteiger partial charge in [-0.1, -0.05) is 36.4 Å². The molecule has 0 spiro atoms. The fraction of sp³-hybridized carbons (Fsp3) is 0.211. The Morgan fingerprint density at radius 2 is 1.88 bits per heavy atom. The molecule has 0 unspecified atom stereocenters. The number of methoxy groups -OCH3 is 1. The summed E-state index contributed by atoms with van der Waals surface area (Å²) in [6.07, 6.45) is 1.65. The molecule has 0 saturated carbocycles. The molecule has 0 radical (unpaired) electrons. The molecule has 7 heteroatoms. The minimum Gasteiger partial charge on any atom is -0.504 e. The van der Waals surface area contributed by atoms with Crippen LogP contribution in [0.4, 0.5) is 0 Å². The van der Waals surface area contributed by atoms with Gasteiger partial charge in [0.15, 0.2) is 11.5 Å². The Morgan fingerprint density at radius 1 is 1.12 bits per heavy atom. The van der Waals surface area contributed by atoms with E-state index in [1.54, 1.807) is 18.2 Å². The van der Waals surface area contributed by atoms with Gasteiger partial charge < -0.3 is 15.2 Å². The van der Waals surface area contributed by atoms with Crippen LogP contribution >= 0.6 is 0 Å². The molecule has 2 rings (SSSR count). The van der Waals surface area contributed by atoms with Crippen molar-refractivity contribution >= 4 is 18.0 Å². The van der Waals surface area contributed by atoms with E-state index in [2.05, 4.69) is 15.8 Å². The number of nitrogens with one attached hydrogen (secondary N) is 2. The third kappa shape index (κ3) is 5.94. The lowest BCUT2D eigenvalue weighted by molar-refractivity contribution is -0.129. The molecular formula is C19H21N3O4. The lowest BCUT2D eigenvalue weighted by atomic mass is 10.1. The van der Waals surface area contributed by atoms with Crippen molar-refractivity contribution in [3.8, 4) is 11.5 Å². The number of phenols is 1. The molecule has 26 heavy (non-hydrogen) atoms. The summed E-state index contributed by atoms with van der Waals surface area (Å²) >= 11 is 0. The molecule has 0 heterocycles. The summed E-state index contributed by atoms with van der Waals surface area (Å²) in [5.41, 5.74) is 3.75. The quantitative estimate of drug-likeness (QED) is 0.380. The van der Waals surface area contributed by atoms with Crippen LogP contribution in [-0.2, 0) is 16.0 Å². The number of nitrogens with zero attached hydrogens (tertiary/aromatic N) is 1. The van der Waals surface area contributed by atoms with E-state index in [9.17, 15) is 14.7 Å². The predicted octanol–water partition coefficient (Wildman–Crippen LogP) is 1.60. The van der Waals surface area contributed by atoms with Gasteiger partial charge in [0.25, 0.3) is 0 Å². The SMILES string of the molecule is COc1cccc(/C=N\NC(=O)CC(=O)NCCc2ccccc2)c1O. The summed E-state index contributed by atoms with van der Waals surface area (Å²) in [6, 6.07) is 14.6. The Hall–Kier alpha value is -3.35. The molecule has 2 aromatic rings. The number of benzene rings is 2. The van der Waals surface area contributed by atoms with Gasteiger partial charge in [-0.15, -0.1) is 0 Å². The van der Waals surface area contributed by atoms with E-state index >= 15 is 0 Å². The fourth-order valence-corrected chi connectivity index (χ4v) is 2.22. The number of carbonyl (C=O) groups is 2. The second-order valence-corrected chi connectivity index (χ2v) is 5.45. The maximum absolute atomic E-state index is 11.7. The number of carbonyl (C=O) groups excluding carboxylic acids is 2. The summed E-state index contributed by atoms with van der Waals surface area (Å²) in [4.78, 5) is 23.4. The van der Waals surface area contributed by atoms with Crippen molar-refractivity contribution in [2.24, 2.45) is 5.10 Å². The number of rotatable bonds is 8. The molecule has 0 saturated heterocycles. The zero-order valence-electron chi connectivity index (χ0n) is 14.4. The van der Waals surface area contributed by atoms with E-state index < -0.39 is 5.91 Å². The molecule has 0 aliphatic carbocycles. The van der Waals surface area contributed by atoms with Crippen LogP contribution in [0.3, 0.4) is 0 Å². The second-order valence-electron chi connectivity index (χ2n) is 5.45. The maximum atomic E-state index is 11.7. The van der Waals surface area contributed by atoms with Crippen LogP contribution in [0, 0.1) is 0 Å². The minimum absolute atomic E-state index is 0.0772. The highest BCUT2D eigenvalue weighted by Gasteiger charge is 2.09. The van der Waals surface area contributed by atoms with Crippen LogP contribution in [0.1, 0.15) is 17.5 Å². The monoisotopic (exact) mass is 355 g/mol. The molecular weight excluding hydrogens is 334 g/mol. The van der Waals surface area contributed by atoms with E-state index in [1.165, 1.54) is 13.3 Å². The summed E-state index contributed by atoms with van der Waals surface area (Å²) in [5, 5.41) is 16.3. The Kier molecular flexibility index (Phi) is 7.17. The predicted molar refractivity (Wildman–Crippen MR) is 98.2 cm³/mol. The summed E-state index contributed by atoms with van der Waals surface area (Å²) in [5.74, 6) is -0.691. The topological polar surface area (TPSA) is 100 Å². The number of ether oxygens (including phenoxy) is 1. The van der Waals surface area contributed by atoms with Crippen molar-refractivity contribution in [2.75, 3.05) is 13.7 Å². The molecule has 0 fully saturated rings. The van der Waals surface area contributed by atoms with E-state index in [0.717, 1.165) is 5.56 Å². The van der Waals surface area contributed by atoms with Gasteiger partial charge in [-0.3, -0.25) is 9.59 Å². The van der Waals surface area contributed by atoms with E-state index in [0.29, 0.717) is 24.3 Å². The van der Waals surface area contributed by atoms with Gasteiger partial charge in [0.2, 0.25) is 11.8 Å². The van der Waals surface area contributed by atoms with E-state index in [-0.39, 0.29) is 18.1 Å².